The Hall–Kier alpha value is -3.85. The Bertz CT molecular complexity index is 1380. The molecule has 0 saturated heterocycles. The number of nitrogens with zero attached hydrogens (tertiary/aromatic N) is 4. The Morgan fingerprint density at radius 3 is 2.48 bits per heavy atom. The Kier molecular flexibility index (Phi) is 5.47. The SMILES string of the molecule is ON(O)c1ccc(Nc2ncc3c(n2)-c2ccc(Cl)cc2C(c2ccccc2F)=NC3)cc1. The highest BCUT2D eigenvalue weighted by Gasteiger charge is 2.23. The van der Waals surface area contributed by atoms with Crippen molar-refractivity contribution in [2.24, 2.45) is 4.99 Å². The van der Waals surface area contributed by atoms with Gasteiger partial charge in [0, 0.05) is 39.2 Å². The van der Waals surface area contributed by atoms with Gasteiger partial charge in [-0.05, 0) is 48.5 Å². The van der Waals surface area contributed by atoms with E-state index in [9.17, 15) is 4.39 Å². The molecule has 3 aromatic carbocycles. The molecule has 7 nitrogen and oxygen atoms in total. The molecule has 0 bridgehead atoms. The van der Waals surface area contributed by atoms with Crippen molar-refractivity contribution >= 4 is 34.6 Å². The molecular formula is C24H17ClFN5O2. The molecule has 0 atom stereocenters. The number of aliphatic imine (C=N–C) groups is 1. The minimum absolute atomic E-state index is 0.0396. The minimum Gasteiger partial charge on any atom is -0.324 e. The van der Waals surface area contributed by atoms with Crippen molar-refractivity contribution in [3.05, 3.63) is 100 Å². The van der Waals surface area contributed by atoms with Gasteiger partial charge in [0.25, 0.3) is 0 Å². The molecule has 4 aromatic rings. The highest BCUT2D eigenvalue weighted by atomic mass is 35.5. The number of halogens is 2. The third kappa shape index (κ3) is 4.14. The van der Waals surface area contributed by atoms with E-state index < -0.39 is 0 Å². The summed E-state index contributed by atoms with van der Waals surface area (Å²) in [6, 6.07) is 18.3. The fraction of sp³-hybridized carbons (Fsp3) is 0.0417. The summed E-state index contributed by atoms with van der Waals surface area (Å²) in [6.45, 7) is 0.281. The van der Waals surface area contributed by atoms with Gasteiger partial charge in [0.05, 0.1) is 23.6 Å². The Morgan fingerprint density at radius 2 is 1.73 bits per heavy atom. The van der Waals surface area contributed by atoms with Crippen LogP contribution in [0.15, 0.2) is 77.9 Å². The molecule has 3 N–H and O–H groups in total. The summed E-state index contributed by atoms with van der Waals surface area (Å²) < 4.78 is 14.6. The molecule has 0 unspecified atom stereocenters. The Labute approximate surface area is 193 Å². The van der Waals surface area contributed by atoms with E-state index in [1.807, 2.05) is 6.07 Å². The summed E-state index contributed by atoms with van der Waals surface area (Å²) in [7, 11) is 0. The molecule has 33 heavy (non-hydrogen) atoms. The second-order valence-electron chi connectivity index (χ2n) is 7.36. The number of nitrogens with one attached hydrogen (secondary N) is 1. The molecule has 0 spiro atoms. The predicted octanol–water partition coefficient (Wildman–Crippen LogP) is 5.62. The van der Waals surface area contributed by atoms with Gasteiger partial charge in [-0.3, -0.25) is 15.4 Å². The monoisotopic (exact) mass is 461 g/mol. The van der Waals surface area contributed by atoms with Gasteiger partial charge in [0.1, 0.15) is 5.82 Å². The maximum absolute atomic E-state index is 14.6. The zero-order valence-electron chi connectivity index (χ0n) is 17.1. The van der Waals surface area contributed by atoms with Crippen molar-refractivity contribution in [3.63, 3.8) is 0 Å². The van der Waals surface area contributed by atoms with Crippen LogP contribution in [0.3, 0.4) is 0 Å². The first kappa shape index (κ1) is 21.0. The van der Waals surface area contributed by atoms with Gasteiger partial charge >= 0.3 is 0 Å². The molecule has 0 aliphatic carbocycles. The van der Waals surface area contributed by atoms with Crippen LogP contribution in [-0.2, 0) is 6.54 Å². The van der Waals surface area contributed by atoms with E-state index in [-0.39, 0.29) is 23.3 Å². The first-order chi connectivity index (χ1) is 16.0. The normalized spacial score (nSPS) is 12.3. The summed E-state index contributed by atoms with van der Waals surface area (Å²) in [5.74, 6) is -0.0177. The highest BCUT2D eigenvalue weighted by Crippen LogP contribution is 2.34. The van der Waals surface area contributed by atoms with Crippen LogP contribution in [0.25, 0.3) is 11.3 Å². The lowest BCUT2D eigenvalue weighted by Crippen LogP contribution is -2.10. The molecule has 1 aliphatic heterocycles. The summed E-state index contributed by atoms with van der Waals surface area (Å²) >= 11 is 6.29. The Balaban J connectivity index is 1.57. The topological polar surface area (TPSA) is 93.9 Å². The van der Waals surface area contributed by atoms with Gasteiger partial charge in [-0.1, -0.05) is 29.8 Å². The van der Waals surface area contributed by atoms with Crippen molar-refractivity contribution in [2.75, 3.05) is 10.5 Å². The first-order valence-electron chi connectivity index (χ1n) is 10.00. The number of hydrogen-bond acceptors (Lipinski definition) is 7. The number of aromatic nitrogens is 2. The molecule has 9 heteroatoms. The first-order valence-corrected chi connectivity index (χ1v) is 10.4. The molecule has 0 saturated carbocycles. The summed E-state index contributed by atoms with van der Waals surface area (Å²) in [5.41, 5.74) is 4.69. The van der Waals surface area contributed by atoms with E-state index in [0.29, 0.717) is 39.2 Å². The van der Waals surface area contributed by atoms with Crippen molar-refractivity contribution < 1.29 is 14.8 Å². The average Bonchev–Trinajstić information content (AvgIpc) is 2.96. The smallest absolute Gasteiger partial charge is 0.227 e. The maximum Gasteiger partial charge on any atom is 0.227 e. The van der Waals surface area contributed by atoms with Gasteiger partial charge < -0.3 is 5.32 Å². The van der Waals surface area contributed by atoms with Gasteiger partial charge in [0.15, 0.2) is 0 Å². The number of benzene rings is 3. The molecule has 1 aromatic heterocycles. The van der Waals surface area contributed by atoms with Crippen LogP contribution in [-0.4, -0.2) is 26.1 Å². The van der Waals surface area contributed by atoms with E-state index in [1.165, 1.54) is 18.2 Å². The number of rotatable bonds is 4. The highest BCUT2D eigenvalue weighted by molar-refractivity contribution is 6.31. The van der Waals surface area contributed by atoms with Crippen molar-refractivity contribution in [3.8, 4) is 11.3 Å². The largest absolute Gasteiger partial charge is 0.324 e. The third-order valence-electron chi connectivity index (χ3n) is 5.25. The third-order valence-corrected chi connectivity index (χ3v) is 5.48. The predicted molar refractivity (Wildman–Crippen MR) is 124 cm³/mol. The van der Waals surface area contributed by atoms with E-state index in [4.69, 9.17) is 27.0 Å². The molecule has 0 radical (unpaired) electrons. The summed E-state index contributed by atoms with van der Waals surface area (Å²) in [6.07, 6.45) is 1.69. The van der Waals surface area contributed by atoms with Crippen molar-refractivity contribution in [1.29, 1.82) is 0 Å². The van der Waals surface area contributed by atoms with Gasteiger partial charge in [0.2, 0.25) is 5.95 Å². The fourth-order valence-electron chi connectivity index (χ4n) is 3.67. The minimum atomic E-state index is -0.366. The van der Waals surface area contributed by atoms with Crippen LogP contribution < -0.4 is 10.5 Å². The summed E-state index contributed by atoms with van der Waals surface area (Å²) in [5, 5.41) is 21.9. The molecule has 0 fully saturated rings. The van der Waals surface area contributed by atoms with Gasteiger partial charge in [-0.25, -0.2) is 14.4 Å². The van der Waals surface area contributed by atoms with Crippen LogP contribution >= 0.6 is 11.6 Å². The zero-order valence-corrected chi connectivity index (χ0v) is 17.8. The lowest BCUT2D eigenvalue weighted by molar-refractivity contribution is 0.0292. The van der Waals surface area contributed by atoms with E-state index in [0.717, 1.165) is 11.1 Å². The van der Waals surface area contributed by atoms with Crippen LogP contribution in [0.5, 0.6) is 0 Å². The molecule has 5 rings (SSSR count). The zero-order chi connectivity index (χ0) is 22.9. The molecular weight excluding hydrogens is 445 g/mol. The second kappa shape index (κ2) is 8.59. The van der Waals surface area contributed by atoms with Gasteiger partial charge in [-0.15, -0.1) is 5.23 Å². The number of hydrogen-bond donors (Lipinski definition) is 3. The van der Waals surface area contributed by atoms with E-state index in [2.05, 4.69) is 15.3 Å². The molecule has 2 heterocycles. The second-order valence-corrected chi connectivity index (χ2v) is 7.80. The average molecular weight is 462 g/mol. The lowest BCUT2D eigenvalue weighted by Gasteiger charge is -2.13. The molecule has 1 aliphatic rings. The molecule has 0 amide bonds. The maximum atomic E-state index is 14.6. The summed E-state index contributed by atoms with van der Waals surface area (Å²) in [4.78, 5) is 13.8. The van der Waals surface area contributed by atoms with Crippen molar-refractivity contribution in [2.45, 2.75) is 6.54 Å². The van der Waals surface area contributed by atoms with Crippen LogP contribution in [0.2, 0.25) is 5.02 Å². The lowest BCUT2D eigenvalue weighted by atomic mass is 9.95. The van der Waals surface area contributed by atoms with E-state index in [1.54, 1.807) is 48.7 Å². The van der Waals surface area contributed by atoms with Crippen LogP contribution in [0, 0.1) is 5.82 Å². The van der Waals surface area contributed by atoms with E-state index >= 15 is 0 Å². The van der Waals surface area contributed by atoms with Crippen LogP contribution in [0.1, 0.15) is 16.7 Å². The molecule has 164 valence electrons. The number of anilines is 3. The Morgan fingerprint density at radius 1 is 0.939 bits per heavy atom. The van der Waals surface area contributed by atoms with Crippen LogP contribution in [0.4, 0.5) is 21.7 Å². The van der Waals surface area contributed by atoms with Gasteiger partial charge in [-0.2, -0.15) is 0 Å². The van der Waals surface area contributed by atoms with Crippen molar-refractivity contribution in [1.82, 2.24) is 9.97 Å². The quantitative estimate of drug-likeness (QED) is 0.342. The number of fused-ring (bicyclic) bond motifs is 3. The standard InChI is InChI=1S/C24H17ClFN5O2/c25-15-5-10-18-20(11-15)23(19-3-1-2-4-21(19)26)27-12-14-13-28-24(30-22(14)18)29-16-6-8-17(9-7-16)31(32)33/h1-11,13,32-33H,12H2,(H,28,29,30). The fourth-order valence-corrected chi connectivity index (χ4v) is 3.85.